The number of carbonyl (C=O) groups excluding carboxylic acids is 2. The number of phenols is 1. The SMILES string of the molecule is O=C(CCC(=O)Nc1cccc(Br)c1)NN=Cc1c(O)ccc2ccccc12. The lowest BCUT2D eigenvalue weighted by molar-refractivity contribution is -0.124. The molecule has 3 aromatic rings. The highest BCUT2D eigenvalue weighted by Gasteiger charge is 2.08. The summed E-state index contributed by atoms with van der Waals surface area (Å²) >= 11 is 3.33. The maximum atomic E-state index is 11.9. The van der Waals surface area contributed by atoms with Gasteiger partial charge >= 0.3 is 0 Å². The second-order valence-corrected chi connectivity index (χ2v) is 6.99. The first-order valence-electron chi connectivity index (χ1n) is 8.61. The maximum absolute atomic E-state index is 11.9. The lowest BCUT2D eigenvalue weighted by Crippen LogP contribution is -2.20. The molecule has 0 unspecified atom stereocenters. The molecule has 142 valence electrons. The Balaban J connectivity index is 1.53. The molecular formula is C21H18BrN3O3. The number of aromatic hydroxyl groups is 1. The van der Waals surface area contributed by atoms with Crippen molar-refractivity contribution in [3.63, 3.8) is 0 Å². The molecule has 0 fully saturated rings. The van der Waals surface area contributed by atoms with Gasteiger partial charge in [-0.25, -0.2) is 5.43 Å². The van der Waals surface area contributed by atoms with Gasteiger partial charge in [0, 0.05) is 28.6 Å². The van der Waals surface area contributed by atoms with Crippen molar-refractivity contribution in [2.75, 3.05) is 5.32 Å². The number of amides is 2. The largest absolute Gasteiger partial charge is 0.507 e. The van der Waals surface area contributed by atoms with Gasteiger partial charge in [-0.2, -0.15) is 5.10 Å². The molecule has 0 heterocycles. The first-order valence-corrected chi connectivity index (χ1v) is 9.40. The first-order chi connectivity index (χ1) is 13.5. The van der Waals surface area contributed by atoms with E-state index in [1.807, 2.05) is 42.5 Å². The predicted molar refractivity (Wildman–Crippen MR) is 113 cm³/mol. The van der Waals surface area contributed by atoms with Gasteiger partial charge in [-0.15, -0.1) is 0 Å². The van der Waals surface area contributed by atoms with Crippen LogP contribution in [-0.4, -0.2) is 23.1 Å². The van der Waals surface area contributed by atoms with E-state index in [1.165, 1.54) is 6.21 Å². The molecule has 3 aromatic carbocycles. The summed E-state index contributed by atoms with van der Waals surface area (Å²) in [6.07, 6.45) is 1.43. The Kier molecular flexibility index (Phi) is 6.39. The standard InChI is InChI=1S/C21H18BrN3O3/c22-15-5-3-6-16(12-15)24-20(27)10-11-21(28)25-23-13-18-17-7-2-1-4-14(17)8-9-19(18)26/h1-9,12-13,26H,10-11H2,(H,24,27)(H,25,28). The van der Waals surface area contributed by atoms with E-state index >= 15 is 0 Å². The van der Waals surface area contributed by atoms with Gasteiger partial charge in [-0.1, -0.05) is 52.3 Å². The van der Waals surface area contributed by atoms with Gasteiger partial charge in [-0.05, 0) is 35.0 Å². The summed E-state index contributed by atoms with van der Waals surface area (Å²) in [6.45, 7) is 0. The van der Waals surface area contributed by atoms with Gasteiger partial charge in [0.05, 0.1) is 6.21 Å². The molecule has 0 aliphatic rings. The smallest absolute Gasteiger partial charge is 0.240 e. The van der Waals surface area contributed by atoms with Crippen LogP contribution in [0.4, 0.5) is 5.69 Å². The van der Waals surface area contributed by atoms with Gasteiger partial charge in [-0.3, -0.25) is 9.59 Å². The number of nitrogens with one attached hydrogen (secondary N) is 2. The van der Waals surface area contributed by atoms with Gasteiger partial charge in [0.25, 0.3) is 0 Å². The molecule has 3 N–H and O–H groups in total. The Bertz CT molecular complexity index is 1050. The van der Waals surface area contributed by atoms with Gasteiger partial charge in [0.1, 0.15) is 5.75 Å². The number of carbonyl (C=O) groups is 2. The molecule has 7 heteroatoms. The molecule has 2 amide bonds. The summed E-state index contributed by atoms with van der Waals surface area (Å²) in [6, 6.07) is 18.2. The summed E-state index contributed by atoms with van der Waals surface area (Å²) in [4.78, 5) is 23.9. The van der Waals surface area contributed by atoms with Crippen LogP contribution in [0, 0.1) is 0 Å². The molecule has 0 bridgehead atoms. The van der Waals surface area contributed by atoms with E-state index < -0.39 is 0 Å². The van der Waals surface area contributed by atoms with Crippen LogP contribution in [0.3, 0.4) is 0 Å². The maximum Gasteiger partial charge on any atom is 0.240 e. The third-order valence-electron chi connectivity index (χ3n) is 4.02. The molecule has 0 aliphatic heterocycles. The van der Waals surface area contributed by atoms with Crippen molar-refractivity contribution in [1.82, 2.24) is 5.43 Å². The van der Waals surface area contributed by atoms with E-state index in [4.69, 9.17) is 0 Å². The zero-order valence-electron chi connectivity index (χ0n) is 14.9. The van der Waals surface area contributed by atoms with Crippen molar-refractivity contribution in [2.45, 2.75) is 12.8 Å². The molecule has 0 aromatic heterocycles. The van der Waals surface area contributed by atoms with E-state index in [9.17, 15) is 14.7 Å². The van der Waals surface area contributed by atoms with Crippen LogP contribution in [0.15, 0.2) is 70.2 Å². The fourth-order valence-corrected chi connectivity index (χ4v) is 3.06. The highest BCUT2D eigenvalue weighted by molar-refractivity contribution is 9.10. The van der Waals surface area contributed by atoms with E-state index in [2.05, 4.69) is 31.8 Å². The third kappa shape index (κ3) is 5.17. The number of rotatable bonds is 6. The first kappa shape index (κ1) is 19.6. The average molecular weight is 440 g/mol. The zero-order chi connectivity index (χ0) is 19.9. The number of hydrogen-bond donors (Lipinski definition) is 3. The van der Waals surface area contributed by atoms with Crippen LogP contribution in [0.25, 0.3) is 10.8 Å². The summed E-state index contributed by atoms with van der Waals surface area (Å²) < 4.78 is 0.856. The Morgan fingerprint density at radius 3 is 2.61 bits per heavy atom. The number of phenolic OH excluding ortho intramolecular Hbond substituents is 1. The minimum absolute atomic E-state index is 0.00129. The summed E-state index contributed by atoms with van der Waals surface area (Å²) in [5.41, 5.74) is 3.56. The molecule has 0 saturated heterocycles. The molecule has 0 radical (unpaired) electrons. The van der Waals surface area contributed by atoms with Crippen LogP contribution in [0.2, 0.25) is 0 Å². The van der Waals surface area contributed by atoms with Crippen LogP contribution in [0.1, 0.15) is 18.4 Å². The van der Waals surface area contributed by atoms with Crippen LogP contribution in [-0.2, 0) is 9.59 Å². The fourth-order valence-electron chi connectivity index (χ4n) is 2.66. The van der Waals surface area contributed by atoms with Crippen molar-refractivity contribution >= 4 is 50.4 Å². The van der Waals surface area contributed by atoms with E-state index in [0.717, 1.165) is 15.2 Å². The Hall–Kier alpha value is -3.19. The lowest BCUT2D eigenvalue weighted by Gasteiger charge is -2.06. The summed E-state index contributed by atoms with van der Waals surface area (Å²) in [5.74, 6) is -0.575. The number of benzene rings is 3. The second-order valence-electron chi connectivity index (χ2n) is 6.07. The highest BCUT2D eigenvalue weighted by atomic mass is 79.9. The van der Waals surface area contributed by atoms with Gasteiger partial charge in [0.15, 0.2) is 0 Å². The van der Waals surface area contributed by atoms with Crippen molar-refractivity contribution in [3.05, 3.63) is 70.7 Å². The van der Waals surface area contributed by atoms with Crippen LogP contribution < -0.4 is 10.7 Å². The second kappa shape index (κ2) is 9.14. The molecule has 0 saturated carbocycles. The van der Waals surface area contributed by atoms with Crippen molar-refractivity contribution in [3.8, 4) is 5.75 Å². The number of anilines is 1. The third-order valence-corrected chi connectivity index (χ3v) is 4.51. The van der Waals surface area contributed by atoms with E-state index in [0.29, 0.717) is 11.3 Å². The Morgan fingerprint density at radius 1 is 1.00 bits per heavy atom. The number of nitrogens with zero attached hydrogens (tertiary/aromatic N) is 1. The Labute approximate surface area is 170 Å². The van der Waals surface area contributed by atoms with Crippen LogP contribution in [0.5, 0.6) is 5.75 Å². The molecule has 6 nitrogen and oxygen atoms in total. The number of hydrazone groups is 1. The molecule has 0 spiro atoms. The quantitative estimate of drug-likeness (QED) is 0.397. The number of hydrogen-bond acceptors (Lipinski definition) is 4. The number of fused-ring (bicyclic) bond motifs is 1. The fraction of sp³-hybridized carbons (Fsp3) is 0.0952. The highest BCUT2D eigenvalue weighted by Crippen LogP contribution is 2.25. The topological polar surface area (TPSA) is 90.8 Å². The monoisotopic (exact) mass is 439 g/mol. The molecule has 28 heavy (non-hydrogen) atoms. The van der Waals surface area contributed by atoms with Crippen molar-refractivity contribution < 1.29 is 14.7 Å². The van der Waals surface area contributed by atoms with Crippen molar-refractivity contribution in [1.29, 1.82) is 0 Å². The van der Waals surface area contributed by atoms with Gasteiger partial charge < -0.3 is 10.4 Å². The summed E-state index contributed by atoms with van der Waals surface area (Å²) in [5, 5.41) is 18.5. The predicted octanol–water partition coefficient (Wildman–Crippen LogP) is 4.18. The lowest BCUT2D eigenvalue weighted by atomic mass is 10.0. The number of halogens is 1. The van der Waals surface area contributed by atoms with E-state index in [-0.39, 0.29) is 30.4 Å². The van der Waals surface area contributed by atoms with Gasteiger partial charge in [0.2, 0.25) is 11.8 Å². The molecule has 0 aliphatic carbocycles. The molecule has 0 atom stereocenters. The average Bonchev–Trinajstić information content (AvgIpc) is 2.68. The Morgan fingerprint density at radius 2 is 1.79 bits per heavy atom. The summed E-state index contributed by atoms with van der Waals surface area (Å²) in [7, 11) is 0. The molecular weight excluding hydrogens is 422 g/mol. The molecule has 3 rings (SSSR count). The van der Waals surface area contributed by atoms with Crippen molar-refractivity contribution in [2.24, 2.45) is 5.10 Å². The minimum Gasteiger partial charge on any atom is -0.507 e. The minimum atomic E-state index is -0.389. The normalized spacial score (nSPS) is 10.9. The zero-order valence-corrected chi connectivity index (χ0v) is 16.4. The van der Waals surface area contributed by atoms with Crippen LogP contribution >= 0.6 is 15.9 Å². The van der Waals surface area contributed by atoms with E-state index in [1.54, 1.807) is 18.2 Å².